The van der Waals surface area contributed by atoms with E-state index in [-0.39, 0.29) is 23.7 Å². The molecular formula is C22H25FN2O. The molecule has 0 spiro atoms. The Balaban J connectivity index is 1.49. The van der Waals surface area contributed by atoms with Gasteiger partial charge in [-0.15, -0.1) is 0 Å². The molecule has 1 amide bonds. The van der Waals surface area contributed by atoms with Gasteiger partial charge in [-0.2, -0.15) is 0 Å². The van der Waals surface area contributed by atoms with Crippen molar-refractivity contribution in [3.8, 4) is 0 Å². The van der Waals surface area contributed by atoms with E-state index in [1.165, 1.54) is 17.7 Å². The standard InChI is InChI=1S/C22H25FN2O/c23-18-11-9-17(10-12-18)19-15-24-20-7-4-14-25(22(19)20)21(26)13-8-16-5-2-1-3-6-16/h1-3,5-6,9-12,19-20,22,24H,4,7-8,13-15H2/t19-,20-,22-/m1/s1. The zero-order valence-corrected chi connectivity index (χ0v) is 14.9. The Morgan fingerprint density at radius 2 is 1.88 bits per heavy atom. The van der Waals surface area contributed by atoms with Crippen LogP contribution in [0.1, 0.15) is 36.3 Å². The SMILES string of the molecule is O=C(CCc1ccccc1)N1CCC[C@H]2NC[C@H](c3ccc(F)cc3)[C@H]21. The Hall–Kier alpha value is -2.20. The molecule has 1 N–H and O–H groups in total. The van der Waals surface area contributed by atoms with Crippen LogP contribution in [0, 0.1) is 5.82 Å². The minimum Gasteiger partial charge on any atom is -0.337 e. The Morgan fingerprint density at radius 3 is 2.65 bits per heavy atom. The van der Waals surface area contributed by atoms with Gasteiger partial charge in [-0.3, -0.25) is 4.79 Å². The van der Waals surface area contributed by atoms with E-state index in [0.29, 0.717) is 12.5 Å². The fraction of sp³-hybridized carbons (Fsp3) is 0.409. The van der Waals surface area contributed by atoms with Crippen molar-refractivity contribution in [3.63, 3.8) is 0 Å². The molecule has 0 aromatic heterocycles. The number of piperidine rings is 1. The Morgan fingerprint density at radius 1 is 1.12 bits per heavy atom. The van der Waals surface area contributed by atoms with Crippen molar-refractivity contribution in [2.45, 2.75) is 43.7 Å². The van der Waals surface area contributed by atoms with Gasteiger partial charge in [-0.25, -0.2) is 4.39 Å². The number of hydrogen-bond donors (Lipinski definition) is 1. The summed E-state index contributed by atoms with van der Waals surface area (Å²) in [4.78, 5) is 15.1. The highest BCUT2D eigenvalue weighted by Gasteiger charge is 2.43. The van der Waals surface area contributed by atoms with E-state index in [2.05, 4.69) is 22.3 Å². The molecule has 2 fully saturated rings. The van der Waals surface area contributed by atoms with Crippen LogP contribution in [0.2, 0.25) is 0 Å². The number of amides is 1. The van der Waals surface area contributed by atoms with Gasteiger partial charge in [0.2, 0.25) is 5.91 Å². The minimum atomic E-state index is -0.212. The molecule has 2 aliphatic rings. The van der Waals surface area contributed by atoms with E-state index in [1.807, 2.05) is 30.3 Å². The number of carbonyl (C=O) groups excluding carboxylic acids is 1. The third-order valence-electron chi connectivity index (χ3n) is 5.79. The summed E-state index contributed by atoms with van der Waals surface area (Å²) < 4.78 is 13.3. The van der Waals surface area contributed by atoms with Crippen molar-refractivity contribution < 1.29 is 9.18 Å². The third-order valence-corrected chi connectivity index (χ3v) is 5.79. The molecule has 4 heteroatoms. The highest BCUT2D eigenvalue weighted by Crippen LogP contribution is 2.35. The predicted molar refractivity (Wildman–Crippen MR) is 100 cm³/mol. The maximum atomic E-state index is 13.3. The van der Waals surface area contributed by atoms with E-state index < -0.39 is 0 Å². The molecule has 0 bridgehead atoms. The van der Waals surface area contributed by atoms with Crippen molar-refractivity contribution in [1.29, 1.82) is 0 Å². The van der Waals surface area contributed by atoms with Crippen LogP contribution in [0.4, 0.5) is 4.39 Å². The lowest BCUT2D eigenvalue weighted by Crippen LogP contribution is -2.52. The molecule has 0 radical (unpaired) electrons. The van der Waals surface area contributed by atoms with Gasteiger partial charge < -0.3 is 10.2 Å². The summed E-state index contributed by atoms with van der Waals surface area (Å²) in [6, 6.07) is 17.5. The van der Waals surface area contributed by atoms with E-state index in [9.17, 15) is 9.18 Å². The minimum absolute atomic E-state index is 0.178. The second-order valence-corrected chi connectivity index (χ2v) is 7.38. The van der Waals surface area contributed by atoms with Crippen LogP contribution < -0.4 is 5.32 Å². The van der Waals surface area contributed by atoms with Crippen molar-refractivity contribution in [1.82, 2.24) is 10.2 Å². The van der Waals surface area contributed by atoms with Gasteiger partial charge in [0, 0.05) is 31.5 Å². The highest BCUT2D eigenvalue weighted by molar-refractivity contribution is 5.77. The van der Waals surface area contributed by atoms with Gasteiger partial charge >= 0.3 is 0 Å². The van der Waals surface area contributed by atoms with E-state index >= 15 is 0 Å². The van der Waals surface area contributed by atoms with E-state index in [0.717, 1.165) is 37.9 Å². The van der Waals surface area contributed by atoms with E-state index in [1.54, 1.807) is 0 Å². The van der Waals surface area contributed by atoms with Crippen molar-refractivity contribution >= 4 is 5.91 Å². The Labute approximate surface area is 154 Å². The monoisotopic (exact) mass is 352 g/mol. The summed E-state index contributed by atoms with van der Waals surface area (Å²) >= 11 is 0. The summed E-state index contributed by atoms with van der Waals surface area (Å²) in [5, 5.41) is 3.59. The van der Waals surface area contributed by atoms with Crippen LogP contribution in [0.3, 0.4) is 0 Å². The number of likely N-dealkylation sites (tertiary alicyclic amines) is 1. The van der Waals surface area contributed by atoms with Crippen LogP contribution in [-0.2, 0) is 11.2 Å². The number of halogens is 1. The summed E-state index contributed by atoms with van der Waals surface area (Å²) in [6.45, 7) is 1.68. The molecule has 2 aromatic rings. The highest BCUT2D eigenvalue weighted by atomic mass is 19.1. The lowest BCUT2D eigenvalue weighted by Gasteiger charge is -2.40. The molecule has 4 rings (SSSR count). The summed E-state index contributed by atoms with van der Waals surface area (Å²) in [7, 11) is 0. The number of fused-ring (bicyclic) bond motifs is 1. The van der Waals surface area contributed by atoms with Crippen LogP contribution >= 0.6 is 0 Å². The second kappa shape index (κ2) is 7.58. The van der Waals surface area contributed by atoms with Crippen LogP contribution in [0.15, 0.2) is 54.6 Å². The molecule has 0 saturated carbocycles. The molecule has 26 heavy (non-hydrogen) atoms. The number of carbonyl (C=O) groups is 1. The first-order valence-electron chi connectivity index (χ1n) is 9.54. The first-order valence-corrected chi connectivity index (χ1v) is 9.54. The van der Waals surface area contributed by atoms with Crippen molar-refractivity contribution in [2.24, 2.45) is 0 Å². The lowest BCUT2D eigenvalue weighted by molar-refractivity contribution is -0.135. The second-order valence-electron chi connectivity index (χ2n) is 7.38. The molecule has 0 unspecified atom stereocenters. The largest absolute Gasteiger partial charge is 0.337 e. The summed E-state index contributed by atoms with van der Waals surface area (Å²) in [5.41, 5.74) is 2.32. The van der Waals surface area contributed by atoms with Gasteiger partial charge in [0.25, 0.3) is 0 Å². The molecule has 0 aliphatic carbocycles. The maximum absolute atomic E-state index is 13.3. The number of hydrogen-bond acceptors (Lipinski definition) is 2. The number of nitrogens with zero attached hydrogens (tertiary/aromatic N) is 1. The first kappa shape index (κ1) is 17.2. The predicted octanol–water partition coefficient (Wildman–Crippen LogP) is 3.50. The fourth-order valence-corrected chi connectivity index (χ4v) is 4.49. The molecule has 2 aromatic carbocycles. The quantitative estimate of drug-likeness (QED) is 0.913. The van der Waals surface area contributed by atoms with Crippen molar-refractivity contribution in [3.05, 3.63) is 71.5 Å². The molecule has 3 atom stereocenters. The van der Waals surface area contributed by atoms with Crippen LogP contribution in [0.25, 0.3) is 0 Å². The third kappa shape index (κ3) is 3.51. The fourth-order valence-electron chi connectivity index (χ4n) is 4.49. The maximum Gasteiger partial charge on any atom is 0.223 e. The Bertz CT molecular complexity index is 746. The topological polar surface area (TPSA) is 32.3 Å². The number of aryl methyl sites for hydroxylation is 1. The smallest absolute Gasteiger partial charge is 0.223 e. The van der Waals surface area contributed by atoms with Crippen LogP contribution in [0.5, 0.6) is 0 Å². The molecule has 136 valence electrons. The molecule has 3 nitrogen and oxygen atoms in total. The number of benzene rings is 2. The van der Waals surface area contributed by atoms with Gasteiger partial charge in [0.1, 0.15) is 5.82 Å². The average Bonchev–Trinajstić information content (AvgIpc) is 3.12. The number of rotatable bonds is 4. The lowest BCUT2D eigenvalue weighted by atomic mass is 9.86. The average molecular weight is 352 g/mol. The zero-order valence-electron chi connectivity index (χ0n) is 14.9. The summed E-state index contributed by atoms with van der Waals surface area (Å²) in [6.07, 6.45) is 3.47. The number of nitrogens with one attached hydrogen (secondary N) is 1. The first-order chi connectivity index (χ1) is 12.7. The zero-order chi connectivity index (χ0) is 17.9. The van der Waals surface area contributed by atoms with Gasteiger partial charge in [0.15, 0.2) is 0 Å². The Kier molecular flexibility index (Phi) is 5.02. The van der Waals surface area contributed by atoms with Gasteiger partial charge in [-0.05, 0) is 42.5 Å². The van der Waals surface area contributed by atoms with Crippen molar-refractivity contribution in [2.75, 3.05) is 13.1 Å². The molecule has 2 heterocycles. The van der Waals surface area contributed by atoms with E-state index in [4.69, 9.17) is 0 Å². The van der Waals surface area contributed by atoms with Gasteiger partial charge in [0.05, 0.1) is 6.04 Å². The van der Waals surface area contributed by atoms with Gasteiger partial charge in [-0.1, -0.05) is 42.5 Å². The van der Waals surface area contributed by atoms with Crippen LogP contribution in [-0.4, -0.2) is 36.0 Å². The molecule has 2 saturated heterocycles. The normalized spacial score (nSPS) is 25.1. The molecule has 2 aliphatic heterocycles. The molecular weight excluding hydrogens is 327 g/mol. The summed E-state index contributed by atoms with van der Waals surface area (Å²) in [5.74, 6) is 0.261.